The smallest absolute Gasteiger partial charge is 0.326 e. The largest absolute Gasteiger partial charge is 0.465 e. The van der Waals surface area contributed by atoms with Gasteiger partial charge in [-0.05, 0) is 90.5 Å². The van der Waals surface area contributed by atoms with E-state index < -0.39 is 17.7 Å². The number of esters is 2. The van der Waals surface area contributed by atoms with E-state index in [1.165, 1.54) is 12.8 Å². The van der Waals surface area contributed by atoms with Gasteiger partial charge in [0, 0.05) is 6.04 Å². The summed E-state index contributed by atoms with van der Waals surface area (Å²) in [6.45, 7) is 9.31. The fourth-order valence-corrected chi connectivity index (χ4v) is 6.08. The van der Waals surface area contributed by atoms with Crippen LogP contribution in [0.25, 0.3) is 0 Å². The Labute approximate surface area is 222 Å². The number of hydrogen-bond acceptors (Lipinski definition) is 6. The maximum atomic E-state index is 14.0. The molecule has 7 heteroatoms. The fourth-order valence-electron chi connectivity index (χ4n) is 6.08. The monoisotopic (exact) mass is 514 g/mol. The Kier molecular flexibility index (Phi) is 10.6. The number of rotatable bonds is 11. The van der Waals surface area contributed by atoms with Crippen LogP contribution in [0.5, 0.6) is 0 Å². The molecule has 0 heterocycles. The minimum Gasteiger partial charge on any atom is -0.465 e. The molecule has 2 fully saturated rings. The molecule has 0 aromatic heterocycles. The van der Waals surface area contributed by atoms with E-state index in [4.69, 9.17) is 9.47 Å². The molecule has 7 nitrogen and oxygen atoms in total. The van der Waals surface area contributed by atoms with Crippen LogP contribution in [-0.2, 0) is 30.3 Å². The number of carbonyl (C=O) groups is 3. The quantitative estimate of drug-likeness (QED) is 0.432. The molecule has 2 aliphatic carbocycles. The zero-order valence-electron chi connectivity index (χ0n) is 23.3. The molecule has 3 rings (SSSR count). The summed E-state index contributed by atoms with van der Waals surface area (Å²) in [6, 6.07) is 8.75. The molecule has 2 atom stereocenters. The van der Waals surface area contributed by atoms with Gasteiger partial charge in [0.25, 0.3) is 0 Å². The van der Waals surface area contributed by atoms with Crippen molar-refractivity contribution in [1.29, 1.82) is 0 Å². The van der Waals surface area contributed by atoms with Gasteiger partial charge in [0.15, 0.2) is 0 Å². The second kappa shape index (κ2) is 13.4. The highest BCUT2D eigenvalue weighted by molar-refractivity contribution is 5.87. The van der Waals surface area contributed by atoms with Crippen LogP contribution in [0.3, 0.4) is 0 Å². The Balaban J connectivity index is 1.77. The topological polar surface area (TPSA) is 84.9 Å². The van der Waals surface area contributed by atoms with E-state index in [-0.39, 0.29) is 37.0 Å². The standard InChI is InChI=1S/C30H46N2O5/c1-6-36-29(35)25(19-18-22-12-8-7-9-13-22)31-21(2)28(34)32(20-26(33)37-30(3,4)5)27-23-14-10-15-24(27)17-11-16-23/h7-9,12-13,21,23-25,27,31H,6,10-11,14-20H2,1-5H3/t21-,23?,24?,25+,27?/m0/s1. The predicted molar refractivity (Wildman–Crippen MR) is 144 cm³/mol. The third kappa shape index (κ3) is 8.56. The summed E-state index contributed by atoms with van der Waals surface area (Å²) < 4.78 is 11.0. The van der Waals surface area contributed by atoms with Gasteiger partial charge < -0.3 is 14.4 Å². The Morgan fingerprint density at radius 3 is 2.16 bits per heavy atom. The summed E-state index contributed by atoms with van der Waals surface area (Å²) in [7, 11) is 0. The van der Waals surface area contributed by atoms with Crippen molar-refractivity contribution in [2.45, 2.75) is 110 Å². The number of aryl methyl sites for hydroxylation is 1. The number of nitrogens with zero attached hydrogens (tertiary/aromatic N) is 1. The van der Waals surface area contributed by atoms with E-state index >= 15 is 0 Å². The highest BCUT2D eigenvalue weighted by atomic mass is 16.6. The van der Waals surface area contributed by atoms with Gasteiger partial charge in [-0.3, -0.25) is 19.7 Å². The van der Waals surface area contributed by atoms with E-state index in [0.717, 1.165) is 31.2 Å². The molecular formula is C30H46N2O5. The second-order valence-electron chi connectivity index (χ2n) is 11.6. The molecular weight excluding hydrogens is 468 g/mol. The maximum Gasteiger partial charge on any atom is 0.326 e. The molecule has 0 unspecified atom stereocenters. The second-order valence-corrected chi connectivity index (χ2v) is 11.6. The highest BCUT2D eigenvalue weighted by Gasteiger charge is 2.43. The first-order valence-electron chi connectivity index (χ1n) is 14.1. The normalized spacial score (nSPS) is 23.0. The number of fused-ring (bicyclic) bond motifs is 2. The lowest BCUT2D eigenvalue weighted by Crippen LogP contribution is -2.59. The van der Waals surface area contributed by atoms with E-state index in [0.29, 0.717) is 24.7 Å². The molecule has 2 bridgehead atoms. The first-order chi connectivity index (χ1) is 17.6. The predicted octanol–water partition coefficient (Wildman–Crippen LogP) is 4.67. The van der Waals surface area contributed by atoms with Crippen molar-refractivity contribution in [2.24, 2.45) is 11.8 Å². The van der Waals surface area contributed by atoms with Crippen molar-refractivity contribution in [1.82, 2.24) is 10.2 Å². The van der Waals surface area contributed by atoms with Crippen molar-refractivity contribution in [3.63, 3.8) is 0 Å². The molecule has 1 amide bonds. The van der Waals surface area contributed by atoms with Crippen LogP contribution in [0.2, 0.25) is 0 Å². The zero-order chi connectivity index (χ0) is 27.0. The SMILES string of the molecule is CCOC(=O)[C@@H](CCc1ccccc1)N[C@@H](C)C(=O)N(CC(=O)OC(C)(C)C)C1C2CCCC1CCC2. The Bertz CT molecular complexity index is 875. The van der Waals surface area contributed by atoms with Gasteiger partial charge in [0.05, 0.1) is 12.6 Å². The van der Waals surface area contributed by atoms with E-state index in [9.17, 15) is 14.4 Å². The van der Waals surface area contributed by atoms with Crippen LogP contribution in [-0.4, -0.2) is 59.6 Å². The minimum atomic E-state index is -0.643. The van der Waals surface area contributed by atoms with Crippen LogP contribution >= 0.6 is 0 Å². The fraction of sp³-hybridized carbons (Fsp3) is 0.700. The van der Waals surface area contributed by atoms with Crippen molar-refractivity contribution in [2.75, 3.05) is 13.2 Å². The van der Waals surface area contributed by atoms with Crippen LogP contribution in [0, 0.1) is 11.8 Å². The Hall–Kier alpha value is -2.41. The van der Waals surface area contributed by atoms with Crippen LogP contribution in [0.4, 0.5) is 0 Å². The lowest BCUT2D eigenvalue weighted by molar-refractivity contribution is -0.163. The Morgan fingerprint density at radius 1 is 1.03 bits per heavy atom. The average Bonchev–Trinajstić information content (AvgIpc) is 2.83. The molecule has 1 aromatic carbocycles. The van der Waals surface area contributed by atoms with Gasteiger partial charge in [-0.15, -0.1) is 0 Å². The average molecular weight is 515 g/mol. The number of nitrogens with one attached hydrogen (secondary N) is 1. The minimum absolute atomic E-state index is 0.0390. The van der Waals surface area contributed by atoms with Crippen molar-refractivity contribution in [3.8, 4) is 0 Å². The zero-order valence-corrected chi connectivity index (χ0v) is 23.3. The van der Waals surface area contributed by atoms with E-state index in [2.05, 4.69) is 5.32 Å². The van der Waals surface area contributed by atoms with Gasteiger partial charge in [-0.2, -0.15) is 0 Å². The van der Waals surface area contributed by atoms with Crippen molar-refractivity contribution >= 4 is 17.8 Å². The van der Waals surface area contributed by atoms with Gasteiger partial charge >= 0.3 is 11.9 Å². The van der Waals surface area contributed by atoms with E-state index in [1.54, 1.807) is 18.7 Å². The maximum absolute atomic E-state index is 14.0. The number of hydrogen-bond donors (Lipinski definition) is 1. The summed E-state index contributed by atoms with van der Waals surface area (Å²) in [4.78, 5) is 41.5. The number of amides is 1. The summed E-state index contributed by atoms with van der Waals surface area (Å²) in [5, 5.41) is 3.26. The molecule has 1 aromatic rings. The summed E-state index contributed by atoms with van der Waals surface area (Å²) in [6.07, 6.45) is 7.91. The molecule has 206 valence electrons. The first-order valence-corrected chi connectivity index (χ1v) is 14.1. The summed E-state index contributed by atoms with van der Waals surface area (Å²) >= 11 is 0. The highest BCUT2D eigenvalue weighted by Crippen LogP contribution is 2.43. The molecule has 0 saturated heterocycles. The number of ether oxygens (including phenoxy) is 2. The van der Waals surface area contributed by atoms with Crippen LogP contribution in [0.15, 0.2) is 30.3 Å². The van der Waals surface area contributed by atoms with E-state index in [1.807, 2.05) is 51.1 Å². The summed E-state index contributed by atoms with van der Waals surface area (Å²) in [5.41, 5.74) is 0.504. The molecule has 1 N–H and O–H groups in total. The molecule has 2 saturated carbocycles. The number of carbonyl (C=O) groups excluding carboxylic acids is 3. The first kappa shape index (κ1) is 29.2. The van der Waals surface area contributed by atoms with Gasteiger partial charge in [-0.1, -0.05) is 43.2 Å². The lowest BCUT2D eigenvalue weighted by Gasteiger charge is -2.48. The Morgan fingerprint density at radius 2 is 1.62 bits per heavy atom. The third-order valence-electron chi connectivity index (χ3n) is 7.59. The molecule has 0 spiro atoms. The number of benzene rings is 1. The molecule has 37 heavy (non-hydrogen) atoms. The third-order valence-corrected chi connectivity index (χ3v) is 7.59. The van der Waals surface area contributed by atoms with Gasteiger partial charge in [0.1, 0.15) is 18.2 Å². The van der Waals surface area contributed by atoms with Crippen LogP contribution in [0.1, 0.15) is 85.1 Å². The molecule has 2 aliphatic rings. The van der Waals surface area contributed by atoms with Gasteiger partial charge in [-0.25, -0.2) is 0 Å². The van der Waals surface area contributed by atoms with Crippen molar-refractivity contribution in [3.05, 3.63) is 35.9 Å². The van der Waals surface area contributed by atoms with Crippen LogP contribution < -0.4 is 5.32 Å². The molecule has 0 aliphatic heterocycles. The van der Waals surface area contributed by atoms with Gasteiger partial charge in [0.2, 0.25) is 5.91 Å². The summed E-state index contributed by atoms with van der Waals surface area (Å²) in [5.74, 6) is -0.0762. The molecule has 0 radical (unpaired) electrons. The van der Waals surface area contributed by atoms with Crippen molar-refractivity contribution < 1.29 is 23.9 Å². The lowest BCUT2D eigenvalue weighted by atomic mass is 9.67.